The van der Waals surface area contributed by atoms with Crippen LogP contribution in [0.5, 0.6) is 5.75 Å². The van der Waals surface area contributed by atoms with Crippen LogP contribution in [0.15, 0.2) is 24.3 Å². The van der Waals surface area contributed by atoms with Gasteiger partial charge in [-0.1, -0.05) is 44.2 Å². The van der Waals surface area contributed by atoms with Crippen molar-refractivity contribution in [2.75, 3.05) is 0 Å². The predicted molar refractivity (Wildman–Crippen MR) is 81.3 cm³/mol. The lowest BCUT2D eigenvalue weighted by Crippen LogP contribution is -2.30. The smallest absolute Gasteiger partial charge is 0.120 e. The number of hydrogen-bond acceptors (Lipinski definition) is 3. The van der Waals surface area contributed by atoms with Crippen molar-refractivity contribution in [2.45, 2.75) is 63.5 Å². The first-order chi connectivity index (χ1) is 9.85. The van der Waals surface area contributed by atoms with Gasteiger partial charge in [-0.2, -0.15) is 0 Å². The molecule has 1 aromatic rings. The summed E-state index contributed by atoms with van der Waals surface area (Å²) in [6, 6.07) is 8.70. The molecule has 0 radical (unpaired) electrons. The minimum atomic E-state index is 0.251. The van der Waals surface area contributed by atoms with Gasteiger partial charge in [-0.25, -0.2) is 0 Å². The van der Waals surface area contributed by atoms with E-state index in [9.17, 15) is 0 Å². The number of hydrazine groups is 1. The lowest BCUT2D eigenvalue weighted by atomic mass is 9.83. The van der Waals surface area contributed by atoms with Crippen LogP contribution >= 0.6 is 0 Å². The molecule has 1 atom stereocenters. The lowest BCUT2D eigenvalue weighted by molar-refractivity contribution is 0.295. The number of nitrogens with two attached hydrogens (primary N) is 1. The van der Waals surface area contributed by atoms with Crippen LogP contribution in [-0.2, 0) is 0 Å². The fourth-order valence-corrected chi connectivity index (χ4v) is 3.24. The molecule has 110 valence electrons. The standard InChI is InChI=1S/C17H26N2O/c18-19-17(11-13-5-2-1-3-6-13)14-7-4-8-16(12-14)20-15-9-10-15/h4,7-8,12-13,15,17,19H,1-3,5-6,9-11,18H2. The second kappa shape index (κ2) is 6.59. The first kappa shape index (κ1) is 13.9. The summed E-state index contributed by atoms with van der Waals surface area (Å²) in [5.74, 6) is 7.61. The van der Waals surface area contributed by atoms with E-state index in [1.54, 1.807) is 0 Å². The zero-order chi connectivity index (χ0) is 13.8. The van der Waals surface area contributed by atoms with Crippen molar-refractivity contribution in [3.05, 3.63) is 29.8 Å². The van der Waals surface area contributed by atoms with Crippen molar-refractivity contribution in [2.24, 2.45) is 11.8 Å². The summed E-state index contributed by atoms with van der Waals surface area (Å²) < 4.78 is 5.88. The molecule has 3 rings (SSSR count). The average molecular weight is 274 g/mol. The second-order valence-electron chi connectivity index (χ2n) is 6.35. The van der Waals surface area contributed by atoms with E-state index in [0.717, 1.165) is 18.1 Å². The molecule has 1 aromatic carbocycles. The van der Waals surface area contributed by atoms with Gasteiger partial charge in [-0.15, -0.1) is 0 Å². The third kappa shape index (κ3) is 3.74. The molecule has 0 heterocycles. The summed E-state index contributed by atoms with van der Waals surface area (Å²) in [7, 11) is 0. The highest BCUT2D eigenvalue weighted by Gasteiger charge is 2.24. The van der Waals surface area contributed by atoms with Crippen LogP contribution in [0, 0.1) is 5.92 Å². The zero-order valence-electron chi connectivity index (χ0n) is 12.2. The summed E-state index contributed by atoms with van der Waals surface area (Å²) in [5.41, 5.74) is 4.27. The van der Waals surface area contributed by atoms with Gasteiger partial charge in [0.25, 0.3) is 0 Å². The van der Waals surface area contributed by atoms with Crippen LogP contribution in [0.25, 0.3) is 0 Å². The van der Waals surface area contributed by atoms with E-state index in [1.165, 1.54) is 50.5 Å². The number of rotatable bonds is 6. The SMILES string of the molecule is NNC(CC1CCCCC1)c1cccc(OC2CC2)c1. The van der Waals surface area contributed by atoms with Crippen molar-refractivity contribution in [1.82, 2.24) is 5.43 Å². The van der Waals surface area contributed by atoms with Crippen molar-refractivity contribution in [3.63, 3.8) is 0 Å². The third-order valence-corrected chi connectivity index (χ3v) is 4.58. The predicted octanol–water partition coefficient (Wildman–Crippen LogP) is 3.70. The van der Waals surface area contributed by atoms with Gasteiger partial charge >= 0.3 is 0 Å². The Labute approximate surface area is 121 Å². The van der Waals surface area contributed by atoms with Crippen LogP contribution in [0.2, 0.25) is 0 Å². The summed E-state index contributed by atoms with van der Waals surface area (Å²) in [6.07, 6.45) is 10.9. The van der Waals surface area contributed by atoms with E-state index in [1.807, 2.05) is 0 Å². The van der Waals surface area contributed by atoms with Crippen molar-refractivity contribution < 1.29 is 4.74 Å². The van der Waals surface area contributed by atoms with Crippen molar-refractivity contribution >= 4 is 0 Å². The monoisotopic (exact) mass is 274 g/mol. The zero-order valence-corrected chi connectivity index (χ0v) is 12.2. The average Bonchev–Trinajstić information content (AvgIpc) is 3.30. The van der Waals surface area contributed by atoms with Gasteiger partial charge in [0.15, 0.2) is 0 Å². The maximum Gasteiger partial charge on any atom is 0.120 e. The topological polar surface area (TPSA) is 47.3 Å². The summed E-state index contributed by atoms with van der Waals surface area (Å²) in [5, 5.41) is 0. The van der Waals surface area contributed by atoms with Crippen molar-refractivity contribution in [1.29, 1.82) is 0 Å². The Bertz CT molecular complexity index is 425. The maximum absolute atomic E-state index is 5.88. The first-order valence-electron chi connectivity index (χ1n) is 8.08. The highest BCUT2D eigenvalue weighted by Crippen LogP contribution is 2.33. The molecular weight excluding hydrogens is 248 g/mol. The molecule has 2 fully saturated rings. The molecule has 2 aliphatic carbocycles. The van der Waals surface area contributed by atoms with Gasteiger partial charge in [-0.3, -0.25) is 11.3 Å². The van der Waals surface area contributed by atoms with Gasteiger partial charge in [0.05, 0.1) is 6.10 Å². The van der Waals surface area contributed by atoms with Crippen LogP contribution in [0.4, 0.5) is 0 Å². The third-order valence-electron chi connectivity index (χ3n) is 4.58. The minimum Gasteiger partial charge on any atom is -0.490 e. The highest BCUT2D eigenvalue weighted by atomic mass is 16.5. The van der Waals surface area contributed by atoms with Crippen LogP contribution < -0.4 is 16.0 Å². The van der Waals surface area contributed by atoms with E-state index in [-0.39, 0.29) is 6.04 Å². The molecule has 0 amide bonds. The Morgan fingerprint density at radius 3 is 2.65 bits per heavy atom. The van der Waals surface area contributed by atoms with E-state index in [4.69, 9.17) is 10.6 Å². The fraction of sp³-hybridized carbons (Fsp3) is 0.647. The van der Waals surface area contributed by atoms with Gasteiger partial charge in [0.2, 0.25) is 0 Å². The normalized spacial score (nSPS) is 21.6. The first-order valence-corrected chi connectivity index (χ1v) is 8.08. The molecular formula is C17H26N2O. The van der Waals surface area contributed by atoms with E-state index in [2.05, 4.69) is 29.7 Å². The Balaban J connectivity index is 1.64. The van der Waals surface area contributed by atoms with Crippen LogP contribution in [0.1, 0.15) is 63.0 Å². The molecule has 20 heavy (non-hydrogen) atoms. The van der Waals surface area contributed by atoms with Gasteiger partial charge in [0, 0.05) is 6.04 Å². The molecule has 3 heteroatoms. The number of hydrogen-bond donors (Lipinski definition) is 2. The molecule has 0 aromatic heterocycles. The molecule has 0 spiro atoms. The Kier molecular flexibility index (Phi) is 4.58. The number of benzene rings is 1. The lowest BCUT2D eigenvalue weighted by Gasteiger charge is -2.26. The Morgan fingerprint density at radius 2 is 1.95 bits per heavy atom. The molecule has 3 nitrogen and oxygen atoms in total. The molecule has 2 saturated carbocycles. The molecule has 2 aliphatic rings. The molecule has 0 aliphatic heterocycles. The molecule has 3 N–H and O–H groups in total. The van der Waals surface area contributed by atoms with Gasteiger partial charge < -0.3 is 4.74 Å². The largest absolute Gasteiger partial charge is 0.490 e. The second-order valence-corrected chi connectivity index (χ2v) is 6.35. The summed E-state index contributed by atoms with van der Waals surface area (Å²) >= 11 is 0. The van der Waals surface area contributed by atoms with Gasteiger partial charge in [0.1, 0.15) is 5.75 Å². The highest BCUT2D eigenvalue weighted by molar-refractivity contribution is 5.31. The molecule has 0 saturated heterocycles. The molecule has 1 unspecified atom stereocenters. The van der Waals surface area contributed by atoms with E-state index >= 15 is 0 Å². The Hall–Kier alpha value is -1.06. The van der Waals surface area contributed by atoms with Crippen LogP contribution in [0.3, 0.4) is 0 Å². The quantitative estimate of drug-likeness (QED) is 0.614. The van der Waals surface area contributed by atoms with Crippen LogP contribution in [-0.4, -0.2) is 6.10 Å². The fourth-order valence-electron chi connectivity index (χ4n) is 3.24. The molecule has 0 bridgehead atoms. The minimum absolute atomic E-state index is 0.251. The summed E-state index contributed by atoms with van der Waals surface area (Å²) in [6.45, 7) is 0. The van der Waals surface area contributed by atoms with Gasteiger partial charge in [-0.05, 0) is 42.9 Å². The number of nitrogens with one attached hydrogen (secondary N) is 1. The van der Waals surface area contributed by atoms with E-state index < -0.39 is 0 Å². The van der Waals surface area contributed by atoms with Crippen molar-refractivity contribution in [3.8, 4) is 5.75 Å². The summed E-state index contributed by atoms with van der Waals surface area (Å²) in [4.78, 5) is 0. The van der Waals surface area contributed by atoms with E-state index in [0.29, 0.717) is 6.10 Å². The number of ether oxygens (including phenoxy) is 1. The maximum atomic E-state index is 5.88. The Morgan fingerprint density at radius 1 is 1.15 bits per heavy atom.